The highest BCUT2D eigenvalue weighted by atomic mass is 28.4. The van der Waals surface area contributed by atoms with Crippen molar-refractivity contribution in [3.05, 3.63) is 145 Å². The average Bonchev–Trinajstić information content (AvgIpc) is 3.26. The highest BCUT2D eigenvalue weighted by molar-refractivity contribution is 6.99. The summed E-state index contributed by atoms with van der Waals surface area (Å²) < 4.78 is 54.8. The lowest BCUT2D eigenvalue weighted by molar-refractivity contribution is -0.330. The monoisotopic (exact) mass is 830 g/mol. The minimum Gasteiger partial charge on any atom is -0.407 e. The molecule has 8 nitrogen and oxygen atoms in total. The molecule has 5 aliphatic rings. The van der Waals surface area contributed by atoms with Crippen LogP contribution in [0.1, 0.15) is 83.6 Å². The quantitative estimate of drug-likeness (QED) is 0.0846. The topological polar surface area (TPSA) is 73.8 Å². The van der Waals surface area contributed by atoms with Crippen molar-refractivity contribution in [2.45, 2.75) is 145 Å². The maximum atomic E-state index is 7.28. The van der Waals surface area contributed by atoms with E-state index >= 15 is 0 Å². The van der Waals surface area contributed by atoms with E-state index < -0.39 is 20.2 Å². The molecule has 4 fully saturated rings. The molecule has 9 heteroatoms. The van der Waals surface area contributed by atoms with Gasteiger partial charge in [-0.25, -0.2) is 0 Å². The van der Waals surface area contributed by atoms with Crippen molar-refractivity contribution < 1.29 is 37.6 Å². The van der Waals surface area contributed by atoms with E-state index in [1.165, 1.54) is 10.4 Å². The summed E-state index contributed by atoms with van der Waals surface area (Å²) in [6, 6.07) is 42.3. The highest BCUT2D eigenvalue weighted by Gasteiger charge is 2.56. The molecule has 0 aliphatic carbocycles. The molecule has 0 radical (unpaired) electrons. The molecule has 0 bridgehead atoms. The van der Waals surface area contributed by atoms with Crippen molar-refractivity contribution in [1.29, 1.82) is 0 Å². The minimum atomic E-state index is -2.63. The van der Waals surface area contributed by atoms with Crippen LogP contribution in [-0.2, 0) is 44.2 Å². The maximum Gasteiger partial charge on any atom is 0.261 e. The second-order valence-electron chi connectivity index (χ2n) is 18.6. The van der Waals surface area contributed by atoms with E-state index in [-0.39, 0.29) is 60.0 Å². The van der Waals surface area contributed by atoms with Crippen LogP contribution in [0.3, 0.4) is 0 Å². The number of rotatable bonds is 11. The average molecular weight is 831 g/mol. The molecule has 5 aliphatic heterocycles. The predicted molar refractivity (Wildman–Crippen MR) is 235 cm³/mol. The van der Waals surface area contributed by atoms with Crippen LogP contribution in [0.2, 0.25) is 5.04 Å². The largest absolute Gasteiger partial charge is 0.407 e. The Kier molecular flexibility index (Phi) is 12.6. The fraction of sp³-hybridized carbons (Fsp3) is 0.490. The van der Waals surface area contributed by atoms with E-state index in [0.29, 0.717) is 26.2 Å². The summed E-state index contributed by atoms with van der Waals surface area (Å²) in [6.45, 7) is 10.8. The van der Waals surface area contributed by atoms with Crippen molar-refractivity contribution in [3.63, 3.8) is 0 Å². The molecule has 0 spiro atoms. The zero-order valence-corrected chi connectivity index (χ0v) is 36.6. The van der Waals surface area contributed by atoms with Crippen molar-refractivity contribution in [1.82, 2.24) is 0 Å². The molecule has 0 saturated carbocycles. The second-order valence-corrected chi connectivity index (χ2v) is 22.9. The standard InChI is InChI=1S/C51H62O8Si/c1-50(2,3)60(39-24-13-7-14-25-39,40-26-15-8-16-27-40)54-30-18-23-38-31-43(52-34-36-19-9-5-10-20-36)48-44(55-38)32-42-45(57-48)33-51(4)47(56-42)29-17-28-41-46(59-51)35-53-49(58-41)37-21-11-6-12-22-37/h5-17,19-22,24-27,29,38,41-49H,18,23,28,30-35H2,1-4H3/b29-17-/t38-,41+,42+,43+,44-,45-,46-,47-,48+,49-,51+/m1/s1. The van der Waals surface area contributed by atoms with E-state index in [9.17, 15) is 0 Å². The molecule has 4 aromatic carbocycles. The van der Waals surface area contributed by atoms with E-state index in [2.05, 4.69) is 125 Å². The van der Waals surface area contributed by atoms with Crippen molar-refractivity contribution >= 4 is 18.7 Å². The zero-order chi connectivity index (χ0) is 41.2. The molecular weight excluding hydrogens is 769 g/mol. The first-order chi connectivity index (χ1) is 29.2. The van der Waals surface area contributed by atoms with Gasteiger partial charge in [0.2, 0.25) is 0 Å². The Hall–Kier alpha value is -3.48. The fourth-order valence-corrected chi connectivity index (χ4v) is 15.0. The molecule has 318 valence electrons. The third kappa shape index (κ3) is 8.76. The van der Waals surface area contributed by atoms with E-state index in [0.717, 1.165) is 43.2 Å². The van der Waals surface area contributed by atoms with Crippen LogP contribution in [0, 0.1) is 0 Å². The zero-order valence-electron chi connectivity index (χ0n) is 35.6. The van der Waals surface area contributed by atoms with Crippen molar-refractivity contribution in [2.24, 2.45) is 0 Å². The van der Waals surface area contributed by atoms with Gasteiger partial charge in [-0.05, 0) is 47.2 Å². The molecule has 0 aromatic heterocycles. The van der Waals surface area contributed by atoms with Crippen LogP contribution in [0.25, 0.3) is 0 Å². The lowest BCUT2D eigenvalue weighted by Crippen LogP contribution is -2.66. The molecular formula is C51H62O8Si. The van der Waals surface area contributed by atoms with Gasteiger partial charge in [0.25, 0.3) is 8.32 Å². The Labute approximate surface area is 357 Å². The van der Waals surface area contributed by atoms with Gasteiger partial charge in [0.05, 0.1) is 55.4 Å². The van der Waals surface area contributed by atoms with Gasteiger partial charge in [0.1, 0.15) is 18.3 Å². The van der Waals surface area contributed by atoms with Crippen LogP contribution in [0.5, 0.6) is 0 Å². The normalized spacial score (nSPS) is 33.5. The molecule has 4 saturated heterocycles. The number of fused-ring (bicyclic) bond motifs is 4. The Morgan fingerprint density at radius 1 is 0.700 bits per heavy atom. The van der Waals surface area contributed by atoms with Crippen LogP contribution in [-0.4, -0.2) is 82.1 Å². The Morgan fingerprint density at radius 3 is 2.05 bits per heavy atom. The third-order valence-electron chi connectivity index (χ3n) is 13.3. The van der Waals surface area contributed by atoms with Crippen molar-refractivity contribution in [2.75, 3.05) is 13.2 Å². The first-order valence-electron chi connectivity index (χ1n) is 22.2. The second kappa shape index (κ2) is 18.1. The van der Waals surface area contributed by atoms with Crippen LogP contribution in [0.15, 0.2) is 133 Å². The molecule has 0 amide bonds. The van der Waals surface area contributed by atoms with Gasteiger partial charge < -0.3 is 37.6 Å². The molecule has 4 aromatic rings. The van der Waals surface area contributed by atoms with Gasteiger partial charge in [-0.15, -0.1) is 0 Å². The first kappa shape index (κ1) is 41.8. The summed E-state index contributed by atoms with van der Waals surface area (Å²) in [7, 11) is -2.63. The fourth-order valence-electron chi connectivity index (χ4n) is 10.4. The SMILES string of the molecule is CC(C)(C)[Si](OCCC[C@@H]1C[C@H](OCc2ccccc2)[C@@H]2O[C@@H]3C[C@]4(C)O[C@@H]5CO[C@@H](c6ccccc6)O[C@H]5C/C=C\[C@H]4O[C@H]3C[C@H]2O1)(c1ccccc1)c1ccccc1. The summed E-state index contributed by atoms with van der Waals surface area (Å²) in [6.07, 6.45) is 7.31. The number of ether oxygens (including phenoxy) is 7. The van der Waals surface area contributed by atoms with Gasteiger partial charge in [-0.1, -0.05) is 154 Å². The van der Waals surface area contributed by atoms with Crippen LogP contribution < -0.4 is 10.4 Å². The van der Waals surface area contributed by atoms with E-state index in [1.807, 2.05) is 36.4 Å². The van der Waals surface area contributed by atoms with Gasteiger partial charge in [0, 0.05) is 31.4 Å². The summed E-state index contributed by atoms with van der Waals surface area (Å²) in [5.74, 6) is 0. The van der Waals surface area contributed by atoms with Crippen LogP contribution in [0.4, 0.5) is 0 Å². The molecule has 9 rings (SSSR count). The molecule has 5 heterocycles. The van der Waals surface area contributed by atoms with Gasteiger partial charge in [0.15, 0.2) is 6.29 Å². The van der Waals surface area contributed by atoms with Crippen molar-refractivity contribution in [3.8, 4) is 0 Å². The minimum absolute atomic E-state index is 0.0105. The van der Waals surface area contributed by atoms with E-state index in [1.54, 1.807) is 0 Å². The molecule has 11 atom stereocenters. The van der Waals surface area contributed by atoms with Gasteiger partial charge in [-0.3, -0.25) is 0 Å². The summed E-state index contributed by atoms with van der Waals surface area (Å²) >= 11 is 0. The first-order valence-corrected chi connectivity index (χ1v) is 24.1. The smallest absolute Gasteiger partial charge is 0.261 e. The summed E-state index contributed by atoms with van der Waals surface area (Å²) in [5.41, 5.74) is 1.55. The summed E-state index contributed by atoms with van der Waals surface area (Å²) in [4.78, 5) is 0. The lowest BCUT2D eigenvalue weighted by Gasteiger charge is -2.55. The lowest BCUT2D eigenvalue weighted by atomic mass is 9.80. The molecule has 0 unspecified atom stereocenters. The summed E-state index contributed by atoms with van der Waals surface area (Å²) in [5, 5.41) is 2.52. The van der Waals surface area contributed by atoms with Crippen LogP contribution >= 0.6 is 0 Å². The highest BCUT2D eigenvalue weighted by Crippen LogP contribution is 2.46. The Bertz CT molecular complexity index is 1950. The van der Waals surface area contributed by atoms with Gasteiger partial charge >= 0.3 is 0 Å². The van der Waals surface area contributed by atoms with Gasteiger partial charge in [-0.2, -0.15) is 0 Å². The number of benzene rings is 4. The molecule has 0 N–H and O–H groups in total. The maximum absolute atomic E-state index is 7.28. The predicted octanol–water partition coefficient (Wildman–Crippen LogP) is 8.62. The number of hydrogen-bond acceptors (Lipinski definition) is 8. The Balaban J connectivity index is 0.891. The van der Waals surface area contributed by atoms with E-state index in [4.69, 9.17) is 37.6 Å². The Morgan fingerprint density at radius 2 is 1.37 bits per heavy atom. The number of hydrogen-bond donors (Lipinski definition) is 0. The third-order valence-corrected chi connectivity index (χ3v) is 18.4. The molecule has 60 heavy (non-hydrogen) atoms.